The Bertz CT molecular complexity index is 707. The molecule has 1 aromatic carbocycles. The number of hydrogen-bond acceptors (Lipinski definition) is 5. The molecule has 0 aliphatic rings. The molecule has 6 nitrogen and oxygen atoms in total. The van der Waals surface area contributed by atoms with E-state index in [9.17, 15) is 0 Å². The molecule has 0 aliphatic heterocycles. The zero-order valence-electron chi connectivity index (χ0n) is 11.8. The number of rotatable bonds is 5. The van der Waals surface area contributed by atoms with Gasteiger partial charge in [-0.1, -0.05) is 25.1 Å². The van der Waals surface area contributed by atoms with Gasteiger partial charge in [-0.3, -0.25) is 0 Å². The molecule has 6 heteroatoms. The predicted octanol–water partition coefficient (Wildman–Crippen LogP) is 2.55. The van der Waals surface area contributed by atoms with Gasteiger partial charge < -0.3 is 5.32 Å². The van der Waals surface area contributed by atoms with Crippen molar-refractivity contribution in [2.24, 2.45) is 0 Å². The third-order valence-electron chi connectivity index (χ3n) is 2.92. The van der Waals surface area contributed by atoms with Crippen molar-refractivity contribution < 1.29 is 0 Å². The summed E-state index contributed by atoms with van der Waals surface area (Å²) in [6.07, 6.45) is 4.44. The molecule has 0 fully saturated rings. The van der Waals surface area contributed by atoms with Gasteiger partial charge in [-0.15, -0.1) is 5.10 Å². The van der Waals surface area contributed by atoms with Crippen LogP contribution in [0.4, 0.5) is 5.82 Å². The lowest BCUT2D eigenvalue weighted by molar-refractivity contribution is 0.752. The Morgan fingerprint density at radius 1 is 1.14 bits per heavy atom. The Hall–Kier alpha value is -2.76. The molecule has 0 radical (unpaired) electrons. The third-order valence-corrected chi connectivity index (χ3v) is 2.92. The fourth-order valence-corrected chi connectivity index (χ4v) is 1.88. The minimum atomic E-state index is 0.568. The van der Waals surface area contributed by atoms with E-state index in [1.807, 2.05) is 36.4 Å². The van der Waals surface area contributed by atoms with Gasteiger partial charge in [0.05, 0.1) is 11.9 Å². The maximum absolute atomic E-state index is 4.45. The summed E-state index contributed by atoms with van der Waals surface area (Å²) in [5.74, 6) is 1.37. The first kappa shape index (κ1) is 13.2. The Balaban J connectivity index is 1.86. The van der Waals surface area contributed by atoms with Crippen LogP contribution in [0, 0.1) is 0 Å². The second-order valence-electron chi connectivity index (χ2n) is 4.55. The van der Waals surface area contributed by atoms with Crippen LogP contribution >= 0.6 is 0 Å². The number of hydrogen-bond donors (Lipinski definition) is 1. The highest BCUT2D eigenvalue weighted by Crippen LogP contribution is 2.14. The third kappa shape index (κ3) is 3.05. The van der Waals surface area contributed by atoms with E-state index < -0.39 is 0 Å². The molecule has 0 aliphatic carbocycles. The van der Waals surface area contributed by atoms with Gasteiger partial charge in [0.2, 0.25) is 0 Å². The van der Waals surface area contributed by atoms with Crippen LogP contribution in [0.15, 0.2) is 48.8 Å². The zero-order chi connectivity index (χ0) is 14.5. The summed E-state index contributed by atoms with van der Waals surface area (Å²) in [6, 6.07) is 11.6. The van der Waals surface area contributed by atoms with Crippen LogP contribution in [0.5, 0.6) is 0 Å². The molecule has 0 spiro atoms. The number of nitrogens with one attached hydrogen (secondary N) is 1. The van der Waals surface area contributed by atoms with Gasteiger partial charge in [0.25, 0.3) is 0 Å². The summed E-state index contributed by atoms with van der Waals surface area (Å²) in [7, 11) is 0. The molecule has 2 aromatic heterocycles. The summed E-state index contributed by atoms with van der Waals surface area (Å²) in [4.78, 5) is 10.3. The number of anilines is 1. The number of benzene rings is 1. The summed E-state index contributed by atoms with van der Waals surface area (Å²) in [6.45, 7) is 2.99. The van der Waals surface area contributed by atoms with E-state index in [0.717, 1.165) is 24.5 Å². The predicted molar refractivity (Wildman–Crippen MR) is 81.2 cm³/mol. The monoisotopic (exact) mass is 280 g/mol. The molecule has 21 heavy (non-hydrogen) atoms. The van der Waals surface area contributed by atoms with Gasteiger partial charge in [-0.05, 0) is 24.6 Å². The quantitative estimate of drug-likeness (QED) is 0.778. The summed E-state index contributed by atoms with van der Waals surface area (Å²) in [5, 5.41) is 11.9. The lowest BCUT2D eigenvalue weighted by atomic mass is 10.3. The van der Waals surface area contributed by atoms with Crippen LogP contribution in [0.1, 0.15) is 13.3 Å². The Morgan fingerprint density at radius 3 is 2.81 bits per heavy atom. The van der Waals surface area contributed by atoms with E-state index in [0.29, 0.717) is 11.5 Å². The molecule has 0 unspecified atom stereocenters. The normalized spacial score (nSPS) is 10.5. The molecule has 0 saturated heterocycles. The van der Waals surface area contributed by atoms with E-state index in [2.05, 4.69) is 32.4 Å². The lowest BCUT2D eigenvalue weighted by Crippen LogP contribution is -2.03. The SMILES string of the molecule is CCCNc1ccnc(-c2cnn(-c3ccccc3)n2)n1. The Kier molecular flexibility index (Phi) is 3.86. The van der Waals surface area contributed by atoms with E-state index in [1.54, 1.807) is 17.2 Å². The highest BCUT2D eigenvalue weighted by molar-refractivity contribution is 5.50. The van der Waals surface area contributed by atoms with Crippen molar-refractivity contribution in [3.63, 3.8) is 0 Å². The van der Waals surface area contributed by atoms with Crippen LogP contribution in [-0.4, -0.2) is 31.5 Å². The molecule has 0 amide bonds. The molecular formula is C15H16N6. The largest absolute Gasteiger partial charge is 0.370 e. The molecule has 3 rings (SSSR count). The first-order chi connectivity index (χ1) is 10.4. The van der Waals surface area contributed by atoms with E-state index in [-0.39, 0.29) is 0 Å². The summed E-state index contributed by atoms with van der Waals surface area (Å²) < 4.78 is 0. The van der Waals surface area contributed by atoms with Crippen molar-refractivity contribution in [3.05, 3.63) is 48.8 Å². The fraction of sp³-hybridized carbons (Fsp3) is 0.200. The number of aromatic nitrogens is 5. The maximum atomic E-state index is 4.45. The second-order valence-corrected chi connectivity index (χ2v) is 4.55. The van der Waals surface area contributed by atoms with Gasteiger partial charge in [-0.25, -0.2) is 9.97 Å². The average Bonchev–Trinajstić information content (AvgIpc) is 3.04. The average molecular weight is 280 g/mol. The molecule has 1 N–H and O–H groups in total. The molecule has 3 aromatic rings. The molecule has 2 heterocycles. The van der Waals surface area contributed by atoms with Gasteiger partial charge in [0.1, 0.15) is 5.82 Å². The van der Waals surface area contributed by atoms with Crippen molar-refractivity contribution in [1.29, 1.82) is 0 Å². The highest BCUT2D eigenvalue weighted by Gasteiger charge is 2.08. The van der Waals surface area contributed by atoms with Crippen LogP contribution in [0.3, 0.4) is 0 Å². The first-order valence-electron chi connectivity index (χ1n) is 6.92. The van der Waals surface area contributed by atoms with Gasteiger partial charge >= 0.3 is 0 Å². The molecular weight excluding hydrogens is 264 g/mol. The van der Waals surface area contributed by atoms with Crippen LogP contribution in [-0.2, 0) is 0 Å². The van der Waals surface area contributed by atoms with Crippen molar-refractivity contribution >= 4 is 5.82 Å². The minimum absolute atomic E-state index is 0.568. The van der Waals surface area contributed by atoms with Crippen molar-refractivity contribution in [1.82, 2.24) is 25.0 Å². The number of para-hydroxylation sites is 1. The molecule has 106 valence electrons. The molecule has 0 bridgehead atoms. The standard InChI is InChI=1S/C15H16N6/c1-2-9-16-14-8-10-17-15(19-14)13-11-18-21(20-13)12-6-4-3-5-7-12/h3-8,10-11H,2,9H2,1H3,(H,16,17,19). The highest BCUT2D eigenvalue weighted by atomic mass is 15.5. The first-order valence-corrected chi connectivity index (χ1v) is 6.92. The van der Waals surface area contributed by atoms with Gasteiger partial charge in [0, 0.05) is 12.7 Å². The molecule has 0 saturated carbocycles. The zero-order valence-corrected chi connectivity index (χ0v) is 11.8. The maximum Gasteiger partial charge on any atom is 0.183 e. The van der Waals surface area contributed by atoms with Crippen LogP contribution in [0.2, 0.25) is 0 Å². The van der Waals surface area contributed by atoms with Crippen molar-refractivity contribution in [2.45, 2.75) is 13.3 Å². The van der Waals surface area contributed by atoms with Gasteiger partial charge in [0.15, 0.2) is 11.5 Å². The second kappa shape index (κ2) is 6.13. The van der Waals surface area contributed by atoms with Gasteiger partial charge in [-0.2, -0.15) is 9.90 Å². The van der Waals surface area contributed by atoms with E-state index in [4.69, 9.17) is 0 Å². The minimum Gasteiger partial charge on any atom is -0.370 e. The Morgan fingerprint density at radius 2 is 2.00 bits per heavy atom. The van der Waals surface area contributed by atoms with E-state index >= 15 is 0 Å². The van der Waals surface area contributed by atoms with Crippen molar-refractivity contribution in [3.8, 4) is 17.2 Å². The molecule has 0 atom stereocenters. The summed E-state index contributed by atoms with van der Waals surface area (Å²) >= 11 is 0. The van der Waals surface area contributed by atoms with Crippen LogP contribution in [0.25, 0.3) is 17.2 Å². The lowest BCUT2D eigenvalue weighted by Gasteiger charge is -2.03. The number of nitrogens with zero attached hydrogens (tertiary/aromatic N) is 5. The fourth-order valence-electron chi connectivity index (χ4n) is 1.88. The van der Waals surface area contributed by atoms with Crippen molar-refractivity contribution in [2.75, 3.05) is 11.9 Å². The smallest absolute Gasteiger partial charge is 0.183 e. The topological polar surface area (TPSA) is 68.5 Å². The summed E-state index contributed by atoms with van der Waals surface area (Å²) in [5.41, 5.74) is 1.56. The van der Waals surface area contributed by atoms with Crippen LogP contribution < -0.4 is 5.32 Å². The Labute approximate surface area is 122 Å². The van der Waals surface area contributed by atoms with E-state index in [1.165, 1.54) is 0 Å².